The van der Waals surface area contributed by atoms with E-state index in [9.17, 15) is 5.11 Å². The zero-order valence-corrected chi connectivity index (χ0v) is 12.8. The zero-order chi connectivity index (χ0) is 15.4. The van der Waals surface area contributed by atoms with Crippen molar-refractivity contribution in [3.05, 3.63) is 64.7 Å². The summed E-state index contributed by atoms with van der Waals surface area (Å²) in [5, 5.41) is 14.3. The van der Waals surface area contributed by atoms with Gasteiger partial charge in [-0.05, 0) is 23.8 Å². The Hall–Kier alpha value is -2.04. The summed E-state index contributed by atoms with van der Waals surface area (Å²) in [7, 11) is 0. The van der Waals surface area contributed by atoms with Crippen molar-refractivity contribution in [2.75, 3.05) is 19.7 Å². The van der Waals surface area contributed by atoms with E-state index in [1.165, 1.54) is 0 Å². The average Bonchev–Trinajstić information content (AvgIpc) is 3.07. The Morgan fingerprint density at radius 1 is 1.23 bits per heavy atom. The molecule has 0 bridgehead atoms. The smallest absolute Gasteiger partial charge is 0.145 e. The third kappa shape index (κ3) is 3.40. The van der Waals surface area contributed by atoms with Crippen molar-refractivity contribution in [3.8, 4) is 5.75 Å². The summed E-state index contributed by atoms with van der Waals surface area (Å²) in [4.78, 5) is 4.29. The third-order valence-corrected chi connectivity index (χ3v) is 3.72. The molecule has 22 heavy (non-hydrogen) atoms. The molecule has 2 N–H and O–H groups in total. The van der Waals surface area contributed by atoms with Crippen molar-refractivity contribution >= 4 is 17.4 Å². The summed E-state index contributed by atoms with van der Waals surface area (Å²) in [6.45, 7) is 1.98. The summed E-state index contributed by atoms with van der Waals surface area (Å²) >= 11 is 6.07. The van der Waals surface area contributed by atoms with E-state index in [4.69, 9.17) is 16.3 Å². The highest BCUT2D eigenvalue weighted by molar-refractivity contribution is 6.30. The minimum atomic E-state index is -0.784. The number of hydrogen-bond acceptors (Lipinski definition) is 4. The Morgan fingerprint density at radius 3 is 2.77 bits per heavy atom. The first-order valence-electron chi connectivity index (χ1n) is 7.16. The summed E-state index contributed by atoms with van der Waals surface area (Å²) in [6.07, 6.45) is -0.784. The van der Waals surface area contributed by atoms with Crippen LogP contribution in [0.2, 0.25) is 5.02 Å². The first-order chi connectivity index (χ1) is 10.7. The molecule has 0 aliphatic carbocycles. The number of aliphatic imine (C=N–C) groups is 1. The van der Waals surface area contributed by atoms with Crippen LogP contribution >= 0.6 is 11.6 Å². The number of hydrogen-bond donors (Lipinski definition) is 2. The molecule has 0 fully saturated rings. The van der Waals surface area contributed by atoms with Gasteiger partial charge in [0.05, 0.1) is 6.54 Å². The molecule has 0 saturated carbocycles. The van der Waals surface area contributed by atoms with Gasteiger partial charge in [0.1, 0.15) is 24.3 Å². The lowest BCUT2D eigenvalue weighted by Gasteiger charge is -2.17. The van der Waals surface area contributed by atoms with Crippen LogP contribution in [-0.4, -0.2) is 30.6 Å². The SMILES string of the molecule is O[C@@H](c1ccccc1)c1cc(Cl)ccc1OCC1=NCCN1. The van der Waals surface area contributed by atoms with Gasteiger partial charge < -0.3 is 15.2 Å². The molecule has 0 saturated heterocycles. The van der Waals surface area contributed by atoms with E-state index in [1.54, 1.807) is 18.2 Å². The molecule has 1 aliphatic heterocycles. The van der Waals surface area contributed by atoms with Crippen LogP contribution in [0.15, 0.2) is 53.5 Å². The van der Waals surface area contributed by atoms with Gasteiger partial charge in [0, 0.05) is 17.1 Å². The predicted octanol–water partition coefficient (Wildman–Crippen LogP) is 2.80. The fourth-order valence-corrected chi connectivity index (χ4v) is 2.55. The summed E-state index contributed by atoms with van der Waals surface area (Å²) in [6, 6.07) is 14.7. The van der Waals surface area contributed by atoms with E-state index < -0.39 is 6.10 Å². The van der Waals surface area contributed by atoms with Crippen LogP contribution in [0.3, 0.4) is 0 Å². The molecule has 2 aromatic carbocycles. The minimum Gasteiger partial charge on any atom is -0.485 e. The van der Waals surface area contributed by atoms with Crippen LogP contribution in [-0.2, 0) is 0 Å². The number of benzene rings is 2. The van der Waals surface area contributed by atoms with E-state index >= 15 is 0 Å². The zero-order valence-electron chi connectivity index (χ0n) is 12.0. The number of amidine groups is 1. The van der Waals surface area contributed by atoms with Crippen molar-refractivity contribution < 1.29 is 9.84 Å². The Labute approximate surface area is 134 Å². The average molecular weight is 317 g/mol. The molecule has 2 aromatic rings. The van der Waals surface area contributed by atoms with Gasteiger partial charge in [-0.1, -0.05) is 41.9 Å². The molecule has 1 atom stereocenters. The van der Waals surface area contributed by atoms with Gasteiger partial charge in [0.25, 0.3) is 0 Å². The number of rotatable bonds is 5. The Morgan fingerprint density at radius 2 is 2.05 bits per heavy atom. The van der Waals surface area contributed by atoms with Crippen molar-refractivity contribution in [1.29, 1.82) is 0 Å². The second-order valence-electron chi connectivity index (χ2n) is 5.04. The number of halogens is 1. The van der Waals surface area contributed by atoms with Crippen molar-refractivity contribution in [3.63, 3.8) is 0 Å². The van der Waals surface area contributed by atoms with Gasteiger partial charge in [-0.25, -0.2) is 0 Å². The Balaban J connectivity index is 1.84. The van der Waals surface area contributed by atoms with Gasteiger partial charge in [-0.2, -0.15) is 0 Å². The van der Waals surface area contributed by atoms with E-state index in [0.29, 0.717) is 22.9 Å². The quantitative estimate of drug-likeness (QED) is 0.892. The van der Waals surface area contributed by atoms with E-state index in [-0.39, 0.29) is 0 Å². The first-order valence-corrected chi connectivity index (χ1v) is 7.54. The first kappa shape index (κ1) is 14.9. The van der Waals surface area contributed by atoms with Crippen LogP contribution in [0.25, 0.3) is 0 Å². The van der Waals surface area contributed by atoms with E-state index in [2.05, 4.69) is 10.3 Å². The number of aliphatic hydroxyl groups excluding tert-OH is 1. The Bertz CT molecular complexity index is 674. The largest absolute Gasteiger partial charge is 0.485 e. The van der Waals surface area contributed by atoms with Gasteiger partial charge in [0.2, 0.25) is 0 Å². The van der Waals surface area contributed by atoms with Crippen molar-refractivity contribution in [2.24, 2.45) is 4.99 Å². The van der Waals surface area contributed by atoms with E-state index in [0.717, 1.165) is 24.5 Å². The number of nitrogens with zero attached hydrogens (tertiary/aromatic N) is 1. The van der Waals surface area contributed by atoms with Crippen LogP contribution in [0.4, 0.5) is 0 Å². The topological polar surface area (TPSA) is 53.9 Å². The summed E-state index contributed by atoms with van der Waals surface area (Å²) in [5.41, 5.74) is 1.45. The van der Waals surface area contributed by atoms with Gasteiger partial charge in [0.15, 0.2) is 0 Å². The Kier molecular flexibility index (Phi) is 4.61. The standard InChI is InChI=1S/C17H17ClN2O2/c18-13-6-7-15(22-11-16-19-8-9-20-16)14(10-13)17(21)12-4-2-1-3-5-12/h1-7,10,17,21H,8-9,11H2,(H,19,20)/t17-/m0/s1. The lowest BCUT2D eigenvalue weighted by Crippen LogP contribution is -2.25. The highest BCUT2D eigenvalue weighted by Gasteiger charge is 2.17. The van der Waals surface area contributed by atoms with Crippen LogP contribution in [0, 0.1) is 0 Å². The molecule has 4 nitrogen and oxygen atoms in total. The fourth-order valence-electron chi connectivity index (χ4n) is 2.37. The van der Waals surface area contributed by atoms with Crippen molar-refractivity contribution in [1.82, 2.24) is 5.32 Å². The van der Waals surface area contributed by atoms with Gasteiger partial charge in [-0.3, -0.25) is 4.99 Å². The maximum Gasteiger partial charge on any atom is 0.145 e. The molecule has 0 aromatic heterocycles. The normalized spacial score (nSPS) is 15.1. The number of aliphatic hydroxyl groups is 1. The maximum absolute atomic E-state index is 10.6. The van der Waals surface area contributed by atoms with Crippen LogP contribution < -0.4 is 10.1 Å². The molecule has 0 unspecified atom stereocenters. The minimum absolute atomic E-state index is 0.357. The highest BCUT2D eigenvalue weighted by Crippen LogP contribution is 2.32. The lowest BCUT2D eigenvalue weighted by atomic mass is 10.0. The molecule has 114 valence electrons. The highest BCUT2D eigenvalue weighted by atomic mass is 35.5. The number of nitrogens with one attached hydrogen (secondary N) is 1. The maximum atomic E-state index is 10.6. The monoisotopic (exact) mass is 316 g/mol. The fraction of sp³-hybridized carbons (Fsp3) is 0.235. The second-order valence-corrected chi connectivity index (χ2v) is 5.48. The predicted molar refractivity (Wildman–Crippen MR) is 87.8 cm³/mol. The molecule has 1 heterocycles. The second kappa shape index (κ2) is 6.81. The third-order valence-electron chi connectivity index (χ3n) is 3.49. The van der Waals surface area contributed by atoms with Gasteiger partial charge in [-0.15, -0.1) is 0 Å². The lowest BCUT2D eigenvalue weighted by molar-refractivity contribution is 0.213. The van der Waals surface area contributed by atoms with Gasteiger partial charge >= 0.3 is 0 Å². The molecule has 3 rings (SSSR count). The summed E-state index contributed by atoms with van der Waals surface area (Å²) in [5.74, 6) is 1.44. The molecule has 0 amide bonds. The molecule has 5 heteroatoms. The molecule has 0 spiro atoms. The van der Waals surface area contributed by atoms with Crippen LogP contribution in [0.1, 0.15) is 17.2 Å². The molecule has 0 radical (unpaired) electrons. The van der Waals surface area contributed by atoms with Crippen molar-refractivity contribution in [2.45, 2.75) is 6.10 Å². The van der Waals surface area contributed by atoms with E-state index in [1.807, 2.05) is 30.3 Å². The van der Waals surface area contributed by atoms with Crippen LogP contribution in [0.5, 0.6) is 5.75 Å². The summed E-state index contributed by atoms with van der Waals surface area (Å²) < 4.78 is 5.81. The molecular formula is C17H17ClN2O2. The number of ether oxygens (including phenoxy) is 1. The molecule has 1 aliphatic rings. The molecular weight excluding hydrogens is 300 g/mol.